The normalized spacial score (nSPS) is 12.9. The molecule has 0 saturated carbocycles. The number of rotatable bonds is 5. The number of amides is 1. The number of hydrogen-bond donors (Lipinski definition) is 2. The van der Waals surface area contributed by atoms with Gasteiger partial charge in [-0.15, -0.1) is 0 Å². The fraction of sp³-hybridized carbons (Fsp3) is 0.533. The first-order chi connectivity index (χ1) is 9.64. The van der Waals surface area contributed by atoms with E-state index in [2.05, 4.69) is 10.6 Å². The summed E-state index contributed by atoms with van der Waals surface area (Å²) in [7, 11) is 1.43. The monoisotopic (exact) mass is 300 g/mol. The van der Waals surface area contributed by atoms with Crippen LogP contribution in [0.3, 0.4) is 0 Å². The van der Waals surface area contributed by atoms with Crippen LogP contribution in [0, 0.1) is 11.6 Å². The molecule has 0 bridgehead atoms. The van der Waals surface area contributed by atoms with Gasteiger partial charge in [-0.05, 0) is 45.4 Å². The number of halogens is 2. The number of likely N-dealkylation sites (N-methyl/N-ethyl adjacent to an activating group) is 1. The molecule has 0 radical (unpaired) electrons. The van der Waals surface area contributed by atoms with Gasteiger partial charge in [-0.2, -0.15) is 0 Å². The number of carbonyl (C=O) groups is 1. The maximum Gasteiger partial charge on any atom is 0.260 e. The van der Waals surface area contributed by atoms with Crippen LogP contribution in [-0.4, -0.2) is 24.6 Å². The molecule has 1 amide bonds. The van der Waals surface area contributed by atoms with E-state index < -0.39 is 29.4 Å². The quantitative estimate of drug-likeness (QED) is 0.878. The van der Waals surface area contributed by atoms with Gasteiger partial charge in [-0.25, -0.2) is 8.78 Å². The molecule has 1 aromatic carbocycles. The Kier molecular flexibility index (Phi) is 5.66. The van der Waals surface area contributed by atoms with Crippen LogP contribution in [0.2, 0.25) is 0 Å². The van der Waals surface area contributed by atoms with E-state index in [1.807, 2.05) is 20.8 Å². The molecule has 1 atom stereocenters. The van der Waals surface area contributed by atoms with Crippen molar-refractivity contribution in [2.45, 2.75) is 45.9 Å². The molecule has 0 aliphatic rings. The number of benzene rings is 1. The van der Waals surface area contributed by atoms with Crippen molar-refractivity contribution in [3.05, 3.63) is 29.3 Å². The third-order valence-electron chi connectivity index (χ3n) is 2.79. The van der Waals surface area contributed by atoms with Gasteiger partial charge in [0.2, 0.25) is 0 Å². The topological polar surface area (TPSA) is 50.4 Å². The highest BCUT2D eigenvalue weighted by Gasteiger charge is 2.20. The van der Waals surface area contributed by atoms with Gasteiger partial charge in [0.05, 0.1) is 0 Å². The molecule has 0 fully saturated rings. The van der Waals surface area contributed by atoms with Crippen LogP contribution in [0.4, 0.5) is 8.78 Å². The fourth-order valence-corrected chi connectivity index (χ4v) is 1.63. The Bertz CT molecular complexity index is 490. The van der Waals surface area contributed by atoms with Gasteiger partial charge in [0.25, 0.3) is 5.91 Å². The Morgan fingerprint density at radius 3 is 2.24 bits per heavy atom. The van der Waals surface area contributed by atoms with E-state index in [0.717, 1.165) is 0 Å². The van der Waals surface area contributed by atoms with Crippen molar-refractivity contribution >= 4 is 5.91 Å². The molecule has 1 unspecified atom stereocenters. The van der Waals surface area contributed by atoms with Crippen molar-refractivity contribution in [1.82, 2.24) is 10.6 Å². The van der Waals surface area contributed by atoms with Crippen molar-refractivity contribution in [3.63, 3.8) is 0 Å². The second kappa shape index (κ2) is 6.85. The second-order valence-corrected chi connectivity index (χ2v) is 5.87. The second-order valence-electron chi connectivity index (χ2n) is 5.87. The molecule has 6 heteroatoms. The lowest BCUT2D eigenvalue weighted by Gasteiger charge is -2.21. The first-order valence-electron chi connectivity index (χ1n) is 6.75. The first-order valence-corrected chi connectivity index (χ1v) is 6.75. The largest absolute Gasteiger partial charge is 0.475 e. The molecule has 0 aromatic heterocycles. The molecule has 0 aliphatic carbocycles. The van der Waals surface area contributed by atoms with Crippen molar-refractivity contribution in [3.8, 4) is 5.75 Å². The van der Waals surface area contributed by atoms with E-state index in [0.29, 0.717) is 12.1 Å². The maximum atomic E-state index is 13.9. The fourth-order valence-electron chi connectivity index (χ4n) is 1.63. The number of carbonyl (C=O) groups excluding carboxylic acids is 1. The minimum Gasteiger partial charge on any atom is -0.475 e. The van der Waals surface area contributed by atoms with Gasteiger partial charge < -0.3 is 15.4 Å². The molecule has 1 rings (SSSR count). The lowest BCUT2D eigenvalue weighted by molar-refractivity contribution is -0.126. The first kappa shape index (κ1) is 17.4. The summed E-state index contributed by atoms with van der Waals surface area (Å²) in [5.74, 6) is -2.63. The molecule has 0 aliphatic heterocycles. The molecule has 1 aromatic rings. The summed E-state index contributed by atoms with van der Waals surface area (Å²) in [6.45, 7) is 7.64. The zero-order valence-corrected chi connectivity index (χ0v) is 13.0. The number of nitrogens with one attached hydrogen (secondary N) is 2. The van der Waals surface area contributed by atoms with Gasteiger partial charge in [0.1, 0.15) is 0 Å². The van der Waals surface area contributed by atoms with E-state index >= 15 is 0 Å². The zero-order chi connectivity index (χ0) is 16.2. The van der Waals surface area contributed by atoms with Gasteiger partial charge in [-0.3, -0.25) is 4.79 Å². The average Bonchev–Trinajstić information content (AvgIpc) is 2.38. The summed E-state index contributed by atoms with van der Waals surface area (Å²) in [5, 5.41) is 5.50. The van der Waals surface area contributed by atoms with E-state index in [1.54, 1.807) is 0 Å². The van der Waals surface area contributed by atoms with E-state index in [9.17, 15) is 13.6 Å². The van der Waals surface area contributed by atoms with Gasteiger partial charge in [0.15, 0.2) is 23.5 Å². The summed E-state index contributed by atoms with van der Waals surface area (Å²) in [6.07, 6.45) is -0.974. The molecular weight excluding hydrogens is 278 g/mol. The predicted molar refractivity (Wildman–Crippen MR) is 77.1 cm³/mol. The van der Waals surface area contributed by atoms with Crippen LogP contribution < -0.4 is 15.4 Å². The number of hydrogen-bond acceptors (Lipinski definition) is 3. The SMILES string of the molecule is CNC(=O)C(C)Oc1c(F)cc(CNC(C)(C)C)cc1F. The molecule has 0 heterocycles. The molecule has 2 N–H and O–H groups in total. The summed E-state index contributed by atoms with van der Waals surface area (Å²) in [4.78, 5) is 11.3. The Morgan fingerprint density at radius 1 is 1.29 bits per heavy atom. The Morgan fingerprint density at radius 2 is 1.81 bits per heavy atom. The maximum absolute atomic E-state index is 13.9. The third kappa shape index (κ3) is 5.30. The highest BCUT2D eigenvalue weighted by Crippen LogP contribution is 2.24. The standard InChI is InChI=1S/C15H22F2N2O2/c1-9(14(20)18-5)21-13-11(16)6-10(7-12(13)17)8-19-15(2,3)4/h6-7,9,19H,8H2,1-5H3,(H,18,20). The molecule has 21 heavy (non-hydrogen) atoms. The highest BCUT2D eigenvalue weighted by atomic mass is 19.1. The summed E-state index contributed by atoms with van der Waals surface area (Å²) < 4.78 is 32.9. The van der Waals surface area contributed by atoms with Crippen LogP contribution in [0.15, 0.2) is 12.1 Å². The van der Waals surface area contributed by atoms with Crippen LogP contribution in [0.5, 0.6) is 5.75 Å². The van der Waals surface area contributed by atoms with E-state index in [1.165, 1.54) is 26.1 Å². The molecule has 4 nitrogen and oxygen atoms in total. The lowest BCUT2D eigenvalue weighted by Crippen LogP contribution is -2.35. The molecule has 0 saturated heterocycles. The van der Waals surface area contributed by atoms with Crippen LogP contribution >= 0.6 is 0 Å². The minimum absolute atomic E-state index is 0.157. The van der Waals surface area contributed by atoms with Crippen LogP contribution in [0.25, 0.3) is 0 Å². The van der Waals surface area contributed by atoms with E-state index in [-0.39, 0.29) is 5.54 Å². The molecule has 0 spiro atoms. The highest BCUT2D eigenvalue weighted by molar-refractivity contribution is 5.80. The predicted octanol–water partition coefficient (Wildman–Crippen LogP) is 2.37. The average molecular weight is 300 g/mol. The van der Waals surface area contributed by atoms with Crippen molar-refractivity contribution < 1.29 is 18.3 Å². The van der Waals surface area contributed by atoms with Gasteiger partial charge >= 0.3 is 0 Å². The molecule has 118 valence electrons. The number of ether oxygens (including phenoxy) is 1. The Balaban J connectivity index is 2.87. The van der Waals surface area contributed by atoms with Crippen molar-refractivity contribution in [2.24, 2.45) is 0 Å². The minimum atomic E-state index is -0.974. The summed E-state index contributed by atoms with van der Waals surface area (Å²) in [5.41, 5.74) is 0.315. The van der Waals surface area contributed by atoms with E-state index in [4.69, 9.17) is 4.74 Å². The van der Waals surface area contributed by atoms with Crippen molar-refractivity contribution in [2.75, 3.05) is 7.05 Å². The zero-order valence-electron chi connectivity index (χ0n) is 13.0. The van der Waals surface area contributed by atoms with Crippen LogP contribution in [-0.2, 0) is 11.3 Å². The van der Waals surface area contributed by atoms with Gasteiger partial charge in [-0.1, -0.05) is 0 Å². The lowest BCUT2D eigenvalue weighted by atomic mass is 10.1. The van der Waals surface area contributed by atoms with Crippen LogP contribution in [0.1, 0.15) is 33.3 Å². The summed E-state index contributed by atoms with van der Waals surface area (Å²) in [6, 6.07) is 2.40. The Hall–Kier alpha value is -1.69. The van der Waals surface area contributed by atoms with Gasteiger partial charge in [0, 0.05) is 19.1 Å². The Labute approximate surface area is 123 Å². The summed E-state index contributed by atoms with van der Waals surface area (Å²) >= 11 is 0. The third-order valence-corrected chi connectivity index (χ3v) is 2.79. The van der Waals surface area contributed by atoms with Crippen molar-refractivity contribution in [1.29, 1.82) is 0 Å². The smallest absolute Gasteiger partial charge is 0.260 e. The molecular formula is C15H22F2N2O2.